The molecule has 0 saturated carbocycles. The summed E-state index contributed by atoms with van der Waals surface area (Å²) in [5, 5.41) is 2.45. The molecule has 0 aliphatic rings. The summed E-state index contributed by atoms with van der Waals surface area (Å²) in [6.45, 7) is 8.51. The number of amides is 1. The van der Waals surface area contributed by atoms with E-state index in [9.17, 15) is 26.0 Å². The molecule has 0 bridgehead atoms. The van der Waals surface area contributed by atoms with Crippen molar-refractivity contribution >= 4 is 26.0 Å². The molecule has 3 aromatic rings. The van der Waals surface area contributed by atoms with E-state index in [-0.39, 0.29) is 4.90 Å². The fourth-order valence-electron chi connectivity index (χ4n) is 4.17. The number of carbonyl (C=O) groups is 1. The van der Waals surface area contributed by atoms with Crippen LogP contribution in [0.3, 0.4) is 0 Å². The number of rotatable bonds is 10. The van der Waals surface area contributed by atoms with Gasteiger partial charge in [-0.3, -0.25) is 9.50 Å². The lowest BCUT2D eigenvalue weighted by molar-refractivity contribution is -0.0198. The molecular weight excluding hydrogens is 575 g/mol. The molecule has 1 heterocycles. The van der Waals surface area contributed by atoms with E-state index in [1.54, 1.807) is 52.0 Å². The normalized spacial score (nSPS) is 14.0. The topological polar surface area (TPSA) is 130 Å². The van der Waals surface area contributed by atoms with Crippen LogP contribution in [0.2, 0.25) is 0 Å². The average molecular weight is 611 g/mol. The summed E-state index contributed by atoms with van der Waals surface area (Å²) in [6.07, 6.45) is -1.82. The van der Waals surface area contributed by atoms with Gasteiger partial charge in [-0.15, -0.1) is 0 Å². The second kappa shape index (κ2) is 12.3. The van der Waals surface area contributed by atoms with E-state index in [2.05, 4.69) is 9.50 Å². The van der Waals surface area contributed by atoms with Crippen LogP contribution in [0.1, 0.15) is 45.1 Å². The van der Waals surface area contributed by atoms with Gasteiger partial charge < -0.3 is 14.0 Å². The van der Waals surface area contributed by atoms with Gasteiger partial charge in [0.05, 0.1) is 23.8 Å². The summed E-state index contributed by atoms with van der Waals surface area (Å²) in [6, 6.07) is 14.0. The van der Waals surface area contributed by atoms with Crippen molar-refractivity contribution < 1.29 is 39.7 Å². The Morgan fingerprint density at radius 1 is 1.02 bits per heavy atom. The Kier molecular flexibility index (Phi) is 9.69. The molecule has 0 aliphatic heterocycles. The molecule has 2 unspecified atom stereocenters. The molecule has 41 heavy (non-hydrogen) atoms. The summed E-state index contributed by atoms with van der Waals surface area (Å²) >= 11 is 0. The highest BCUT2D eigenvalue weighted by molar-refractivity contribution is 7.90. The van der Waals surface area contributed by atoms with Crippen molar-refractivity contribution in [1.29, 1.82) is 0 Å². The first-order valence-electron chi connectivity index (χ1n) is 12.6. The van der Waals surface area contributed by atoms with Crippen molar-refractivity contribution in [2.45, 2.75) is 57.4 Å². The predicted molar refractivity (Wildman–Crippen MR) is 152 cm³/mol. The van der Waals surface area contributed by atoms with E-state index in [4.69, 9.17) is 9.47 Å². The van der Waals surface area contributed by atoms with E-state index in [1.807, 2.05) is 17.6 Å². The Labute approximate surface area is 240 Å². The van der Waals surface area contributed by atoms with Gasteiger partial charge in [-0.05, 0) is 82.6 Å². The monoisotopic (exact) mass is 610 g/mol. The van der Waals surface area contributed by atoms with Crippen LogP contribution in [0.15, 0.2) is 59.5 Å². The number of sulfone groups is 1. The third kappa shape index (κ3) is 8.62. The van der Waals surface area contributed by atoms with E-state index >= 15 is 0 Å². The van der Waals surface area contributed by atoms with E-state index < -0.39 is 55.6 Å². The third-order valence-electron chi connectivity index (χ3n) is 6.04. The number of alkyl carbamates (subject to hydrolysis) is 1. The first-order chi connectivity index (χ1) is 18.9. The van der Waals surface area contributed by atoms with Gasteiger partial charge in [0.15, 0.2) is 9.84 Å². The number of hydrogen-bond donors (Lipinski definition) is 1. The smallest absolute Gasteiger partial charge is 0.409 e. The summed E-state index contributed by atoms with van der Waals surface area (Å²) < 4.78 is 79.9. The Morgan fingerprint density at radius 3 is 2.12 bits per heavy atom. The van der Waals surface area contributed by atoms with Gasteiger partial charge in [0.1, 0.15) is 23.4 Å². The lowest BCUT2D eigenvalue weighted by Crippen LogP contribution is -2.44. The SMILES string of the molecule is COS(=O)(=O)CC(NC(=O)OC(C)(C)C)OC(C)c1cc(-c2ccc(S(C)(=O)=O)cc2)n(-c2ccc(F)cc2)c1C. The molecule has 224 valence electrons. The van der Waals surface area contributed by atoms with Crippen molar-refractivity contribution in [2.24, 2.45) is 0 Å². The number of ether oxygens (including phenoxy) is 2. The molecule has 13 heteroatoms. The first-order valence-corrected chi connectivity index (χ1v) is 16.1. The minimum absolute atomic E-state index is 0.158. The van der Waals surface area contributed by atoms with Crippen molar-refractivity contribution in [3.8, 4) is 16.9 Å². The lowest BCUT2D eigenvalue weighted by Gasteiger charge is -2.26. The minimum atomic E-state index is -4.04. The fourth-order valence-corrected chi connectivity index (χ4v) is 5.47. The van der Waals surface area contributed by atoms with Crippen LogP contribution < -0.4 is 5.32 Å². The van der Waals surface area contributed by atoms with E-state index in [0.29, 0.717) is 28.2 Å². The number of carbonyl (C=O) groups excluding carboxylic acids is 1. The van der Waals surface area contributed by atoms with Gasteiger partial charge in [0.25, 0.3) is 10.1 Å². The number of benzene rings is 2. The zero-order valence-corrected chi connectivity index (χ0v) is 25.6. The zero-order chi connectivity index (χ0) is 30.8. The predicted octanol–water partition coefficient (Wildman–Crippen LogP) is 4.90. The molecule has 0 radical (unpaired) electrons. The minimum Gasteiger partial charge on any atom is -0.444 e. The summed E-state index contributed by atoms with van der Waals surface area (Å²) in [7, 11) is -6.44. The second-order valence-electron chi connectivity index (χ2n) is 10.5. The molecule has 0 fully saturated rings. The molecule has 0 aliphatic carbocycles. The number of aromatic nitrogens is 1. The second-order valence-corrected chi connectivity index (χ2v) is 14.3. The molecular formula is C28H35FN2O8S2. The van der Waals surface area contributed by atoms with Crippen molar-refractivity contribution in [2.75, 3.05) is 19.1 Å². The largest absolute Gasteiger partial charge is 0.444 e. The Balaban J connectivity index is 2.05. The van der Waals surface area contributed by atoms with Gasteiger partial charge in [-0.2, -0.15) is 8.42 Å². The van der Waals surface area contributed by atoms with Gasteiger partial charge in [0.2, 0.25) is 0 Å². The highest BCUT2D eigenvalue weighted by Crippen LogP contribution is 2.34. The van der Waals surface area contributed by atoms with Crippen molar-refractivity contribution in [3.05, 3.63) is 71.7 Å². The van der Waals surface area contributed by atoms with Crippen LogP contribution in [0, 0.1) is 12.7 Å². The maximum Gasteiger partial charge on any atom is 0.409 e. The highest BCUT2D eigenvalue weighted by atomic mass is 32.2. The van der Waals surface area contributed by atoms with Gasteiger partial charge >= 0.3 is 6.09 Å². The van der Waals surface area contributed by atoms with Crippen LogP contribution in [-0.4, -0.2) is 58.4 Å². The lowest BCUT2D eigenvalue weighted by atomic mass is 10.1. The van der Waals surface area contributed by atoms with Crippen molar-refractivity contribution in [1.82, 2.24) is 9.88 Å². The number of nitrogens with one attached hydrogen (secondary N) is 1. The van der Waals surface area contributed by atoms with Crippen molar-refractivity contribution in [3.63, 3.8) is 0 Å². The molecule has 1 amide bonds. The summed E-state index contributed by atoms with van der Waals surface area (Å²) in [5.74, 6) is -1.09. The molecule has 3 rings (SSSR count). The van der Waals surface area contributed by atoms with Gasteiger partial charge in [-0.25, -0.2) is 17.6 Å². The number of hydrogen-bond acceptors (Lipinski definition) is 8. The number of nitrogens with zero attached hydrogens (tertiary/aromatic N) is 1. The highest BCUT2D eigenvalue weighted by Gasteiger charge is 2.28. The first kappa shape index (κ1) is 32.3. The standard InChI is InChI=1S/C28H35FN2O8S2/c1-18-24(19(2)38-26(17-41(35,36)37-6)30-27(32)39-28(3,4)5)16-25(31(18)22-12-10-21(29)11-13-22)20-8-14-23(15-9-20)40(7,33)34/h8-16,19,26H,17H2,1-7H3,(H,30,32). The van der Waals surface area contributed by atoms with E-state index in [0.717, 1.165) is 13.4 Å². The third-order valence-corrected chi connectivity index (χ3v) is 8.39. The molecule has 0 saturated heterocycles. The van der Waals surface area contributed by atoms with Gasteiger partial charge in [-0.1, -0.05) is 12.1 Å². The molecule has 0 spiro atoms. The Hall–Kier alpha value is -3.26. The molecule has 2 atom stereocenters. The molecule has 1 N–H and O–H groups in total. The summed E-state index contributed by atoms with van der Waals surface area (Å²) in [4.78, 5) is 12.6. The van der Waals surface area contributed by atoms with Crippen LogP contribution in [-0.2, 0) is 33.6 Å². The molecule has 1 aromatic heterocycles. The quantitative estimate of drug-likeness (QED) is 0.254. The van der Waals surface area contributed by atoms with Crippen LogP contribution in [0.4, 0.5) is 9.18 Å². The van der Waals surface area contributed by atoms with Gasteiger partial charge in [0, 0.05) is 23.2 Å². The molecule has 10 nitrogen and oxygen atoms in total. The fraction of sp³-hybridized carbons (Fsp3) is 0.393. The Bertz CT molecular complexity index is 1590. The number of halogens is 1. The molecule has 2 aromatic carbocycles. The Morgan fingerprint density at radius 2 is 1.61 bits per heavy atom. The zero-order valence-electron chi connectivity index (χ0n) is 24.0. The maximum absolute atomic E-state index is 13.7. The van der Waals surface area contributed by atoms with E-state index in [1.165, 1.54) is 24.3 Å². The summed E-state index contributed by atoms with van der Waals surface area (Å²) in [5.41, 5.74) is 2.47. The van der Waals surface area contributed by atoms with Crippen LogP contribution >= 0.6 is 0 Å². The van der Waals surface area contributed by atoms with Crippen LogP contribution in [0.5, 0.6) is 0 Å². The van der Waals surface area contributed by atoms with Crippen LogP contribution in [0.25, 0.3) is 16.9 Å². The average Bonchev–Trinajstić information content (AvgIpc) is 3.19. The maximum atomic E-state index is 13.7.